The van der Waals surface area contributed by atoms with E-state index in [1.54, 1.807) is 12.1 Å². The van der Waals surface area contributed by atoms with E-state index in [9.17, 15) is 9.18 Å². The van der Waals surface area contributed by atoms with Gasteiger partial charge in [-0.05, 0) is 5.57 Å². The zero-order valence-corrected chi connectivity index (χ0v) is 10.4. The van der Waals surface area contributed by atoms with Crippen molar-refractivity contribution in [1.29, 1.82) is 10.5 Å². The fourth-order valence-corrected chi connectivity index (χ4v) is 4.37. The Bertz CT molecular complexity index is 798. The predicted octanol–water partition coefficient (Wildman–Crippen LogP) is 3.49. The van der Waals surface area contributed by atoms with Crippen LogP contribution in [0.15, 0.2) is 11.6 Å². The average molecular weight is 274 g/mol. The molecule has 0 amide bonds. The van der Waals surface area contributed by atoms with Gasteiger partial charge in [-0.25, -0.2) is 0 Å². The van der Waals surface area contributed by atoms with Gasteiger partial charge in [-0.3, -0.25) is 4.79 Å². The van der Waals surface area contributed by atoms with E-state index in [1.807, 2.05) is 0 Å². The van der Waals surface area contributed by atoms with Crippen LogP contribution in [-0.2, 0) is 0 Å². The van der Waals surface area contributed by atoms with Crippen LogP contribution in [0.1, 0.15) is 21.7 Å². The van der Waals surface area contributed by atoms with Gasteiger partial charge in [0.25, 0.3) is 0 Å². The number of ketones is 1. The van der Waals surface area contributed by atoms with Gasteiger partial charge < -0.3 is 0 Å². The SMILES string of the molecule is N#CC(C#N)=C1CC(=O)c2sc3cc(F)sc3c21. The molecule has 0 saturated carbocycles. The highest BCUT2D eigenvalue weighted by molar-refractivity contribution is 7.28. The molecular formula is C12H3FN2OS2. The predicted molar refractivity (Wildman–Crippen MR) is 66.8 cm³/mol. The molecule has 86 valence electrons. The highest BCUT2D eigenvalue weighted by Gasteiger charge is 2.32. The number of fused-ring (bicyclic) bond motifs is 3. The van der Waals surface area contributed by atoms with Gasteiger partial charge in [0.1, 0.15) is 17.7 Å². The summed E-state index contributed by atoms with van der Waals surface area (Å²) in [7, 11) is 0. The first-order valence-electron chi connectivity index (χ1n) is 4.94. The lowest BCUT2D eigenvalue weighted by molar-refractivity contribution is 0.101. The summed E-state index contributed by atoms with van der Waals surface area (Å²) in [5.74, 6) is -0.100. The van der Waals surface area contributed by atoms with Crippen molar-refractivity contribution in [2.24, 2.45) is 0 Å². The molecule has 0 unspecified atom stereocenters. The minimum Gasteiger partial charge on any atom is -0.293 e. The number of allylic oxidation sites excluding steroid dienone is 2. The van der Waals surface area contributed by atoms with Crippen molar-refractivity contribution in [3.8, 4) is 12.1 Å². The van der Waals surface area contributed by atoms with E-state index in [1.165, 1.54) is 17.4 Å². The van der Waals surface area contributed by atoms with Crippen LogP contribution in [0.4, 0.5) is 4.39 Å². The summed E-state index contributed by atoms with van der Waals surface area (Å²) >= 11 is 2.17. The molecule has 0 aromatic carbocycles. The van der Waals surface area contributed by atoms with Gasteiger partial charge in [-0.1, -0.05) is 0 Å². The van der Waals surface area contributed by atoms with Crippen molar-refractivity contribution in [3.05, 3.63) is 27.2 Å². The van der Waals surface area contributed by atoms with Crippen LogP contribution in [0.25, 0.3) is 15.0 Å². The minimum atomic E-state index is -0.326. The fraction of sp³-hybridized carbons (Fsp3) is 0.0833. The van der Waals surface area contributed by atoms with E-state index in [2.05, 4.69) is 0 Å². The summed E-state index contributed by atoms with van der Waals surface area (Å²) < 4.78 is 14.6. The average Bonchev–Trinajstić information content (AvgIpc) is 2.93. The molecule has 3 nitrogen and oxygen atoms in total. The zero-order chi connectivity index (χ0) is 12.9. The first-order chi connectivity index (χ1) is 8.65. The van der Waals surface area contributed by atoms with E-state index < -0.39 is 0 Å². The van der Waals surface area contributed by atoms with Gasteiger partial charge in [0.2, 0.25) is 0 Å². The number of carbonyl (C=O) groups is 1. The number of Topliss-reactive ketones (excluding diaryl/α,β-unsaturated/α-hetero) is 1. The Morgan fingerprint density at radius 3 is 2.72 bits per heavy atom. The van der Waals surface area contributed by atoms with Gasteiger partial charge in [0, 0.05) is 22.8 Å². The summed E-state index contributed by atoms with van der Waals surface area (Å²) in [6.07, 6.45) is 0.0626. The summed E-state index contributed by atoms with van der Waals surface area (Å²) in [6.45, 7) is 0. The van der Waals surface area contributed by atoms with Crippen molar-refractivity contribution >= 4 is 43.4 Å². The van der Waals surface area contributed by atoms with Crippen LogP contribution >= 0.6 is 22.7 Å². The Hall–Kier alpha value is -2.02. The van der Waals surface area contributed by atoms with Crippen LogP contribution < -0.4 is 0 Å². The Morgan fingerprint density at radius 1 is 1.33 bits per heavy atom. The summed E-state index contributed by atoms with van der Waals surface area (Å²) in [4.78, 5) is 12.4. The fourth-order valence-electron chi connectivity index (χ4n) is 2.03. The van der Waals surface area contributed by atoms with Crippen LogP contribution in [0, 0.1) is 27.8 Å². The number of thiophene rings is 2. The van der Waals surface area contributed by atoms with E-state index >= 15 is 0 Å². The van der Waals surface area contributed by atoms with Gasteiger partial charge in [-0.15, -0.1) is 22.7 Å². The molecule has 2 aromatic rings. The summed E-state index contributed by atoms with van der Waals surface area (Å²) in [6, 6.07) is 4.98. The lowest BCUT2D eigenvalue weighted by Crippen LogP contribution is -1.87. The molecule has 0 spiro atoms. The number of hydrogen-bond acceptors (Lipinski definition) is 5. The third-order valence-electron chi connectivity index (χ3n) is 2.75. The molecule has 0 atom stereocenters. The quantitative estimate of drug-likeness (QED) is 0.691. The lowest BCUT2D eigenvalue weighted by Gasteiger charge is -1.95. The smallest absolute Gasteiger partial charge is 0.178 e. The zero-order valence-electron chi connectivity index (χ0n) is 8.78. The molecule has 2 aromatic heterocycles. The molecule has 2 heterocycles. The topological polar surface area (TPSA) is 64.7 Å². The molecule has 3 rings (SSSR count). The van der Waals surface area contributed by atoms with Gasteiger partial charge in [0.05, 0.1) is 9.58 Å². The minimum absolute atomic E-state index is 0.0596. The molecule has 0 bridgehead atoms. The number of hydrogen-bond donors (Lipinski definition) is 0. The second kappa shape index (κ2) is 3.74. The highest BCUT2D eigenvalue weighted by Crippen LogP contribution is 2.47. The summed E-state index contributed by atoms with van der Waals surface area (Å²) in [5.41, 5.74) is 0.968. The second-order valence-corrected chi connectivity index (χ2v) is 5.78. The maximum atomic E-state index is 13.2. The third kappa shape index (κ3) is 1.34. The first-order valence-corrected chi connectivity index (χ1v) is 6.57. The number of carbonyl (C=O) groups excluding carboxylic acids is 1. The molecule has 6 heteroatoms. The lowest BCUT2D eigenvalue weighted by atomic mass is 10.1. The molecule has 0 N–H and O–H groups in total. The van der Waals surface area contributed by atoms with Crippen molar-refractivity contribution < 1.29 is 9.18 Å². The Kier molecular flexibility index (Phi) is 2.30. The number of nitriles is 2. The summed E-state index contributed by atoms with van der Waals surface area (Å²) in [5, 5.41) is 17.5. The monoisotopic (exact) mass is 274 g/mol. The molecule has 1 aliphatic rings. The van der Waals surface area contributed by atoms with Crippen molar-refractivity contribution in [2.45, 2.75) is 6.42 Å². The second-order valence-electron chi connectivity index (χ2n) is 3.73. The highest BCUT2D eigenvalue weighted by atomic mass is 32.1. The molecule has 0 fully saturated rings. The van der Waals surface area contributed by atoms with E-state index in [4.69, 9.17) is 10.5 Å². The molecule has 0 saturated heterocycles. The van der Waals surface area contributed by atoms with Crippen LogP contribution in [0.2, 0.25) is 0 Å². The Balaban J connectivity index is 2.42. The largest absolute Gasteiger partial charge is 0.293 e. The maximum absolute atomic E-state index is 13.2. The third-order valence-corrected chi connectivity index (χ3v) is 5.00. The Labute approximate surface area is 109 Å². The standard InChI is InChI=1S/C12H3FN2OS2/c13-9-2-8-12(18-9)10-6(5(3-14)4-15)1-7(16)11(10)17-8/h2H,1H2. The molecule has 0 radical (unpaired) electrons. The van der Waals surface area contributed by atoms with E-state index in [0.717, 1.165) is 11.3 Å². The van der Waals surface area contributed by atoms with E-state index in [0.29, 0.717) is 25.4 Å². The van der Waals surface area contributed by atoms with Gasteiger partial charge in [-0.2, -0.15) is 14.9 Å². The molecule has 1 aliphatic carbocycles. The first kappa shape index (κ1) is 11.1. The molecular weight excluding hydrogens is 271 g/mol. The molecule has 0 aliphatic heterocycles. The molecule has 18 heavy (non-hydrogen) atoms. The maximum Gasteiger partial charge on any atom is 0.178 e. The van der Waals surface area contributed by atoms with Gasteiger partial charge in [0.15, 0.2) is 10.9 Å². The number of halogens is 1. The van der Waals surface area contributed by atoms with Crippen molar-refractivity contribution in [3.63, 3.8) is 0 Å². The Morgan fingerprint density at radius 2 is 2.06 bits per heavy atom. The van der Waals surface area contributed by atoms with Crippen molar-refractivity contribution in [1.82, 2.24) is 0 Å². The van der Waals surface area contributed by atoms with Gasteiger partial charge >= 0.3 is 0 Å². The van der Waals surface area contributed by atoms with Crippen molar-refractivity contribution in [2.75, 3.05) is 0 Å². The number of nitrogens with zero attached hydrogens (tertiary/aromatic N) is 2. The van der Waals surface area contributed by atoms with Crippen LogP contribution in [0.3, 0.4) is 0 Å². The number of rotatable bonds is 0. The van der Waals surface area contributed by atoms with E-state index in [-0.39, 0.29) is 22.9 Å². The van der Waals surface area contributed by atoms with Crippen LogP contribution in [0.5, 0.6) is 0 Å². The normalized spacial score (nSPS) is 13.5. The van der Waals surface area contributed by atoms with Crippen LogP contribution in [-0.4, -0.2) is 5.78 Å².